The SMILES string of the molecule is COC[C@@H]1CCCN1CCc1cc2cc(-c3c4c(nc5ccnn35)CCC4)ccc2o1. The molecule has 1 fully saturated rings. The fourth-order valence-electron chi connectivity index (χ4n) is 5.42. The molecule has 1 saturated heterocycles. The van der Waals surface area contributed by atoms with Crippen LogP contribution in [0.15, 0.2) is 40.9 Å². The van der Waals surface area contributed by atoms with Crippen LogP contribution >= 0.6 is 0 Å². The van der Waals surface area contributed by atoms with Crippen molar-refractivity contribution in [2.45, 2.75) is 44.6 Å². The summed E-state index contributed by atoms with van der Waals surface area (Å²) >= 11 is 0. The van der Waals surface area contributed by atoms with E-state index in [9.17, 15) is 0 Å². The molecule has 0 radical (unpaired) electrons. The third kappa shape index (κ3) is 3.34. The van der Waals surface area contributed by atoms with E-state index in [1.165, 1.54) is 41.8 Å². The number of hydrogen-bond acceptors (Lipinski definition) is 5. The van der Waals surface area contributed by atoms with Crippen LogP contribution in [0.1, 0.15) is 36.3 Å². The number of aryl methyl sites for hydroxylation is 1. The van der Waals surface area contributed by atoms with Crippen molar-refractivity contribution in [3.8, 4) is 11.3 Å². The minimum Gasteiger partial charge on any atom is -0.461 e. The first-order valence-corrected chi connectivity index (χ1v) is 11.4. The van der Waals surface area contributed by atoms with Crippen molar-refractivity contribution < 1.29 is 9.15 Å². The van der Waals surface area contributed by atoms with Crippen LogP contribution < -0.4 is 0 Å². The van der Waals surface area contributed by atoms with Gasteiger partial charge < -0.3 is 9.15 Å². The van der Waals surface area contributed by atoms with Crippen molar-refractivity contribution in [3.63, 3.8) is 0 Å². The normalized spacial score (nSPS) is 19.1. The molecule has 6 nitrogen and oxygen atoms in total. The van der Waals surface area contributed by atoms with Crippen LogP contribution in [0.3, 0.4) is 0 Å². The first-order valence-electron chi connectivity index (χ1n) is 11.4. The highest BCUT2D eigenvalue weighted by Gasteiger charge is 2.24. The van der Waals surface area contributed by atoms with Crippen molar-refractivity contribution in [3.05, 3.63) is 53.5 Å². The molecule has 2 aliphatic rings. The van der Waals surface area contributed by atoms with Crippen LogP contribution in [0.5, 0.6) is 0 Å². The number of methoxy groups -OCH3 is 1. The molecule has 6 rings (SSSR count). The Kier molecular flexibility index (Phi) is 4.77. The van der Waals surface area contributed by atoms with Gasteiger partial charge in [-0.05, 0) is 62.9 Å². The molecule has 4 aromatic rings. The lowest BCUT2D eigenvalue weighted by Gasteiger charge is -2.23. The molecule has 6 heteroatoms. The number of benzene rings is 1. The molecule has 0 bridgehead atoms. The van der Waals surface area contributed by atoms with Crippen LogP contribution in [-0.2, 0) is 24.0 Å². The van der Waals surface area contributed by atoms with Crippen LogP contribution in [0.4, 0.5) is 0 Å². The number of ether oxygens (including phenoxy) is 1. The number of furan rings is 1. The molecular formula is C25H28N4O2. The molecule has 0 unspecified atom stereocenters. The fraction of sp³-hybridized carbons (Fsp3) is 0.440. The van der Waals surface area contributed by atoms with Crippen LogP contribution in [-0.4, -0.2) is 52.3 Å². The Morgan fingerprint density at radius 2 is 2.13 bits per heavy atom. The van der Waals surface area contributed by atoms with Gasteiger partial charge in [-0.1, -0.05) is 0 Å². The zero-order valence-electron chi connectivity index (χ0n) is 18.0. The zero-order chi connectivity index (χ0) is 20.8. The molecule has 0 saturated carbocycles. The van der Waals surface area contributed by atoms with E-state index in [1.54, 1.807) is 7.11 Å². The molecule has 0 amide bonds. The van der Waals surface area contributed by atoms with E-state index in [-0.39, 0.29) is 0 Å². The second kappa shape index (κ2) is 7.77. The Labute approximate surface area is 181 Å². The summed E-state index contributed by atoms with van der Waals surface area (Å²) in [4.78, 5) is 7.36. The largest absolute Gasteiger partial charge is 0.461 e. The monoisotopic (exact) mass is 416 g/mol. The number of fused-ring (bicyclic) bond motifs is 3. The lowest BCUT2D eigenvalue weighted by Crippen LogP contribution is -2.34. The molecule has 160 valence electrons. The average Bonchev–Trinajstić information content (AvgIpc) is 3.56. The Bertz CT molecular complexity index is 1240. The third-order valence-corrected chi connectivity index (χ3v) is 6.90. The number of rotatable bonds is 6. The van der Waals surface area contributed by atoms with E-state index >= 15 is 0 Å². The van der Waals surface area contributed by atoms with E-state index in [4.69, 9.17) is 14.1 Å². The molecule has 1 atom stereocenters. The molecular weight excluding hydrogens is 388 g/mol. The summed E-state index contributed by atoms with van der Waals surface area (Å²) in [6, 6.07) is 11.3. The van der Waals surface area contributed by atoms with E-state index in [1.807, 2.05) is 16.8 Å². The molecule has 3 aromatic heterocycles. The molecule has 1 aliphatic carbocycles. The minimum absolute atomic E-state index is 0.547. The Balaban J connectivity index is 1.30. The number of nitrogens with zero attached hydrogens (tertiary/aromatic N) is 4. The lowest BCUT2D eigenvalue weighted by molar-refractivity contribution is 0.115. The van der Waals surface area contributed by atoms with Gasteiger partial charge in [-0.2, -0.15) is 5.10 Å². The van der Waals surface area contributed by atoms with Crippen molar-refractivity contribution >= 4 is 16.6 Å². The van der Waals surface area contributed by atoms with Gasteiger partial charge in [0.25, 0.3) is 0 Å². The van der Waals surface area contributed by atoms with Gasteiger partial charge in [-0.15, -0.1) is 0 Å². The predicted molar refractivity (Wildman–Crippen MR) is 120 cm³/mol. The summed E-state index contributed by atoms with van der Waals surface area (Å²) in [5.41, 5.74) is 6.83. The quantitative estimate of drug-likeness (QED) is 0.469. The molecule has 1 aliphatic heterocycles. The zero-order valence-corrected chi connectivity index (χ0v) is 18.0. The molecule has 0 spiro atoms. The molecule has 4 heterocycles. The predicted octanol–water partition coefficient (Wildman–Crippen LogP) is 4.28. The van der Waals surface area contributed by atoms with E-state index in [0.717, 1.165) is 61.3 Å². The van der Waals surface area contributed by atoms with Crippen molar-refractivity contribution in [1.82, 2.24) is 19.5 Å². The second-order valence-corrected chi connectivity index (χ2v) is 8.84. The van der Waals surface area contributed by atoms with Crippen LogP contribution in [0.25, 0.3) is 27.9 Å². The fourth-order valence-corrected chi connectivity index (χ4v) is 5.42. The summed E-state index contributed by atoms with van der Waals surface area (Å²) in [5, 5.41) is 5.73. The van der Waals surface area contributed by atoms with Gasteiger partial charge in [0.05, 0.1) is 18.5 Å². The standard InChI is InChI=1S/C25H28N4O2/c1-30-16-19-4-3-12-28(19)13-10-20-15-18-14-17(7-8-23(18)31-20)25-21-5-2-6-22(21)27-24-9-11-26-29(24)25/h7-9,11,14-15,19H,2-6,10,12-13,16H2,1H3/t19-/m0/s1. The topological polar surface area (TPSA) is 55.8 Å². The van der Waals surface area contributed by atoms with E-state index in [2.05, 4.69) is 34.3 Å². The first kappa shape index (κ1) is 19.0. The maximum atomic E-state index is 6.19. The molecule has 31 heavy (non-hydrogen) atoms. The lowest BCUT2D eigenvalue weighted by atomic mass is 10.0. The van der Waals surface area contributed by atoms with E-state index < -0.39 is 0 Å². The highest BCUT2D eigenvalue weighted by Crippen LogP contribution is 2.34. The number of likely N-dealkylation sites (tertiary alicyclic amines) is 1. The summed E-state index contributed by atoms with van der Waals surface area (Å²) in [5.74, 6) is 1.06. The van der Waals surface area contributed by atoms with Crippen LogP contribution in [0.2, 0.25) is 0 Å². The van der Waals surface area contributed by atoms with Crippen molar-refractivity contribution in [2.24, 2.45) is 0 Å². The van der Waals surface area contributed by atoms with Gasteiger partial charge in [0.2, 0.25) is 0 Å². The second-order valence-electron chi connectivity index (χ2n) is 8.84. The van der Waals surface area contributed by atoms with Crippen molar-refractivity contribution in [1.29, 1.82) is 0 Å². The minimum atomic E-state index is 0.547. The highest BCUT2D eigenvalue weighted by atomic mass is 16.5. The van der Waals surface area contributed by atoms with Crippen molar-refractivity contribution in [2.75, 3.05) is 26.8 Å². The Morgan fingerprint density at radius 1 is 1.16 bits per heavy atom. The van der Waals surface area contributed by atoms with Gasteiger partial charge >= 0.3 is 0 Å². The van der Waals surface area contributed by atoms with Crippen LogP contribution in [0, 0.1) is 0 Å². The van der Waals surface area contributed by atoms with Gasteiger partial charge in [-0.3, -0.25) is 4.90 Å². The number of aromatic nitrogens is 3. The van der Waals surface area contributed by atoms with Gasteiger partial charge in [0, 0.05) is 54.4 Å². The smallest absolute Gasteiger partial charge is 0.155 e. The third-order valence-electron chi connectivity index (χ3n) is 6.90. The summed E-state index contributed by atoms with van der Waals surface area (Å²) in [6.45, 7) is 3.00. The molecule has 1 aromatic carbocycles. The summed E-state index contributed by atoms with van der Waals surface area (Å²) in [6.07, 6.45) is 8.55. The summed E-state index contributed by atoms with van der Waals surface area (Å²) < 4.78 is 13.6. The van der Waals surface area contributed by atoms with Gasteiger partial charge in [0.15, 0.2) is 5.65 Å². The Morgan fingerprint density at radius 3 is 3.06 bits per heavy atom. The number of hydrogen-bond donors (Lipinski definition) is 0. The summed E-state index contributed by atoms with van der Waals surface area (Å²) in [7, 11) is 1.79. The maximum Gasteiger partial charge on any atom is 0.155 e. The Hall–Kier alpha value is -2.70. The molecule has 0 N–H and O–H groups in total. The van der Waals surface area contributed by atoms with E-state index in [0.29, 0.717) is 6.04 Å². The highest BCUT2D eigenvalue weighted by molar-refractivity contribution is 5.84. The first-order chi connectivity index (χ1) is 15.3. The van der Waals surface area contributed by atoms with Gasteiger partial charge in [0.1, 0.15) is 11.3 Å². The average molecular weight is 417 g/mol. The maximum absolute atomic E-state index is 6.19. The van der Waals surface area contributed by atoms with Gasteiger partial charge in [-0.25, -0.2) is 9.50 Å².